The number of hydrogen-bond donors (Lipinski definition) is 1. The summed E-state index contributed by atoms with van der Waals surface area (Å²) in [5.74, 6) is 4.37. The van der Waals surface area contributed by atoms with Crippen LogP contribution in [-0.2, 0) is 0 Å². The summed E-state index contributed by atoms with van der Waals surface area (Å²) in [6, 6.07) is 4.42. The van der Waals surface area contributed by atoms with Crippen molar-refractivity contribution in [1.29, 1.82) is 5.26 Å². The molecule has 0 aromatic carbocycles. The minimum atomic E-state index is -0.0813. The standard InChI is InChI=1S/C8H3ClN2O/c9-8-4-3-7(12)6(11-8)2-1-5-10/h3-4,12H. The van der Waals surface area contributed by atoms with Gasteiger partial charge in [-0.2, -0.15) is 5.26 Å². The lowest BCUT2D eigenvalue weighted by Crippen LogP contribution is -1.83. The van der Waals surface area contributed by atoms with Crippen LogP contribution in [0, 0.1) is 23.2 Å². The molecule has 0 amide bonds. The Morgan fingerprint density at radius 3 is 2.92 bits per heavy atom. The van der Waals surface area contributed by atoms with Crippen LogP contribution in [0.1, 0.15) is 5.69 Å². The predicted octanol–water partition coefficient (Wildman–Crippen LogP) is 1.32. The smallest absolute Gasteiger partial charge is 0.157 e. The van der Waals surface area contributed by atoms with Crippen LogP contribution in [0.3, 0.4) is 0 Å². The number of pyridine rings is 1. The number of hydrogen-bond acceptors (Lipinski definition) is 3. The first kappa shape index (κ1) is 8.39. The van der Waals surface area contributed by atoms with Crippen LogP contribution in [0.2, 0.25) is 5.15 Å². The number of aromatic hydroxyl groups is 1. The Labute approximate surface area is 74.2 Å². The van der Waals surface area contributed by atoms with E-state index in [1.54, 1.807) is 6.07 Å². The molecule has 58 valence electrons. The normalized spacial score (nSPS) is 8.00. The summed E-state index contributed by atoms with van der Waals surface area (Å²) in [5.41, 5.74) is 0.115. The highest BCUT2D eigenvalue weighted by molar-refractivity contribution is 6.29. The molecule has 0 bridgehead atoms. The molecular formula is C8H3ClN2O. The van der Waals surface area contributed by atoms with Gasteiger partial charge in [0.1, 0.15) is 10.9 Å². The molecule has 0 saturated carbocycles. The first-order valence-electron chi connectivity index (χ1n) is 2.99. The number of rotatable bonds is 0. The van der Waals surface area contributed by atoms with Gasteiger partial charge in [-0.25, -0.2) is 4.98 Å². The Kier molecular flexibility index (Phi) is 2.53. The first-order chi connectivity index (χ1) is 5.74. The monoisotopic (exact) mass is 178 g/mol. The summed E-state index contributed by atoms with van der Waals surface area (Å²) < 4.78 is 0. The molecule has 0 aliphatic carbocycles. The highest BCUT2D eigenvalue weighted by atomic mass is 35.5. The third-order valence-electron chi connectivity index (χ3n) is 1.08. The SMILES string of the molecule is N#CC#Cc1nc(Cl)ccc1O. The van der Waals surface area contributed by atoms with Gasteiger partial charge in [-0.3, -0.25) is 0 Å². The second-order valence-corrected chi connectivity index (χ2v) is 2.25. The lowest BCUT2D eigenvalue weighted by atomic mass is 10.3. The van der Waals surface area contributed by atoms with Gasteiger partial charge in [0.25, 0.3) is 0 Å². The fraction of sp³-hybridized carbons (Fsp3) is 0. The van der Waals surface area contributed by atoms with Crippen molar-refractivity contribution in [2.75, 3.05) is 0 Å². The van der Waals surface area contributed by atoms with Crippen molar-refractivity contribution in [1.82, 2.24) is 4.98 Å². The summed E-state index contributed by atoms with van der Waals surface area (Å²) in [6.07, 6.45) is 0. The summed E-state index contributed by atoms with van der Waals surface area (Å²) >= 11 is 5.52. The van der Waals surface area contributed by atoms with Crippen LogP contribution in [0.4, 0.5) is 0 Å². The van der Waals surface area contributed by atoms with E-state index in [1.807, 2.05) is 0 Å². The molecule has 0 unspecified atom stereocenters. The third kappa shape index (κ3) is 1.88. The minimum absolute atomic E-state index is 0.0813. The Bertz CT molecular complexity index is 398. The maximum absolute atomic E-state index is 9.13. The van der Waals surface area contributed by atoms with Crippen molar-refractivity contribution in [2.24, 2.45) is 0 Å². The van der Waals surface area contributed by atoms with Crippen molar-refractivity contribution >= 4 is 11.6 Å². The van der Waals surface area contributed by atoms with Gasteiger partial charge in [0.05, 0.1) is 0 Å². The summed E-state index contributed by atoms with van der Waals surface area (Å²) in [4.78, 5) is 3.70. The quantitative estimate of drug-likeness (QED) is 0.482. The second-order valence-electron chi connectivity index (χ2n) is 1.86. The van der Waals surface area contributed by atoms with Gasteiger partial charge in [-0.05, 0) is 18.1 Å². The number of nitriles is 1. The highest BCUT2D eigenvalue weighted by Gasteiger charge is 1.98. The van der Waals surface area contributed by atoms with Crippen molar-refractivity contribution < 1.29 is 5.11 Å². The van der Waals surface area contributed by atoms with Gasteiger partial charge in [-0.1, -0.05) is 11.6 Å². The zero-order valence-electron chi connectivity index (χ0n) is 5.87. The Balaban J connectivity index is 3.16. The molecule has 0 saturated heterocycles. The minimum Gasteiger partial charge on any atom is -0.505 e. The molecule has 1 aromatic rings. The molecular weight excluding hydrogens is 176 g/mol. The van der Waals surface area contributed by atoms with Crippen molar-refractivity contribution in [2.45, 2.75) is 0 Å². The molecule has 12 heavy (non-hydrogen) atoms. The van der Waals surface area contributed by atoms with E-state index < -0.39 is 0 Å². The number of halogens is 1. The molecule has 4 heteroatoms. The summed E-state index contributed by atoms with van der Waals surface area (Å²) in [5, 5.41) is 17.5. The lowest BCUT2D eigenvalue weighted by Gasteiger charge is -1.94. The molecule has 1 heterocycles. The number of aromatic nitrogens is 1. The largest absolute Gasteiger partial charge is 0.505 e. The fourth-order valence-electron chi connectivity index (χ4n) is 0.607. The van der Waals surface area contributed by atoms with Gasteiger partial charge in [0.15, 0.2) is 11.8 Å². The zero-order valence-corrected chi connectivity index (χ0v) is 6.63. The molecule has 1 rings (SSSR count). The van der Waals surface area contributed by atoms with E-state index in [-0.39, 0.29) is 16.6 Å². The fourth-order valence-corrected chi connectivity index (χ4v) is 0.755. The summed E-state index contributed by atoms with van der Waals surface area (Å²) in [6.45, 7) is 0. The highest BCUT2D eigenvalue weighted by Crippen LogP contribution is 2.15. The second kappa shape index (κ2) is 3.61. The van der Waals surface area contributed by atoms with Gasteiger partial charge in [-0.15, -0.1) is 0 Å². The predicted molar refractivity (Wildman–Crippen MR) is 43.4 cm³/mol. The van der Waals surface area contributed by atoms with E-state index in [0.29, 0.717) is 0 Å². The van der Waals surface area contributed by atoms with Crippen LogP contribution in [0.25, 0.3) is 0 Å². The van der Waals surface area contributed by atoms with Gasteiger partial charge in [0.2, 0.25) is 0 Å². The van der Waals surface area contributed by atoms with Crippen molar-refractivity contribution in [3.05, 3.63) is 23.0 Å². The van der Waals surface area contributed by atoms with E-state index in [9.17, 15) is 0 Å². The van der Waals surface area contributed by atoms with E-state index in [1.165, 1.54) is 12.1 Å². The maximum atomic E-state index is 9.13. The average molecular weight is 179 g/mol. The van der Waals surface area contributed by atoms with E-state index >= 15 is 0 Å². The molecule has 0 aliphatic heterocycles. The number of nitrogens with zero attached hydrogens (tertiary/aromatic N) is 2. The molecule has 1 aromatic heterocycles. The molecule has 1 N–H and O–H groups in total. The molecule has 0 spiro atoms. The zero-order chi connectivity index (χ0) is 8.97. The van der Waals surface area contributed by atoms with E-state index in [2.05, 4.69) is 16.8 Å². The van der Waals surface area contributed by atoms with Crippen molar-refractivity contribution in [3.8, 4) is 23.7 Å². The van der Waals surface area contributed by atoms with Crippen LogP contribution in [-0.4, -0.2) is 10.1 Å². The Hall–Kier alpha value is -1.71. The van der Waals surface area contributed by atoms with Crippen LogP contribution >= 0.6 is 11.6 Å². The van der Waals surface area contributed by atoms with E-state index in [4.69, 9.17) is 22.0 Å². The van der Waals surface area contributed by atoms with Crippen LogP contribution < -0.4 is 0 Å². The Morgan fingerprint density at radius 1 is 1.50 bits per heavy atom. The lowest BCUT2D eigenvalue weighted by molar-refractivity contribution is 0.471. The van der Waals surface area contributed by atoms with Gasteiger partial charge < -0.3 is 5.11 Å². The topological polar surface area (TPSA) is 56.9 Å². The molecule has 0 radical (unpaired) electrons. The van der Waals surface area contributed by atoms with Gasteiger partial charge >= 0.3 is 0 Å². The third-order valence-corrected chi connectivity index (χ3v) is 1.29. The molecule has 0 aliphatic rings. The Morgan fingerprint density at radius 2 is 2.25 bits per heavy atom. The first-order valence-corrected chi connectivity index (χ1v) is 3.37. The average Bonchev–Trinajstić information content (AvgIpc) is 2.07. The van der Waals surface area contributed by atoms with E-state index in [0.717, 1.165) is 0 Å². The van der Waals surface area contributed by atoms with Crippen molar-refractivity contribution in [3.63, 3.8) is 0 Å². The molecule has 0 fully saturated rings. The maximum Gasteiger partial charge on any atom is 0.157 e. The van der Waals surface area contributed by atoms with Crippen LogP contribution in [0.15, 0.2) is 12.1 Å². The van der Waals surface area contributed by atoms with Crippen LogP contribution in [0.5, 0.6) is 5.75 Å². The molecule has 3 nitrogen and oxygen atoms in total. The van der Waals surface area contributed by atoms with Gasteiger partial charge in [0, 0.05) is 5.92 Å². The summed E-state index contributed by atoms with van der Waals surface area (Å²) in [7, 11) is 0. The molecule has 0 atom stereocenters.